The second-order valence-electron chi connectivity index (χ2n) is 12.3. The summed E-state index contributed by atoms with van der Waals surface area (Å²) in [7, 11) is 0. The zero-order chi connectivity index (χ0) is 32.6. The normalized spacial score (nSPS) is 20.7. The number of ether oxygens (including phenoxy) is 4. The average molecular weight is 632 g/mol. The lowest BCUT2D eigenvalue weighted by Gasteiger charge is -2.29. The Balaban J connectivity index is 1.27. The molecule has 2 aliphatic rings. The van der Waals surface area contributed by atoms with Crippen LogP contribution in [0.1, 0.15) is 40.7 Å². The third-order valence-corrected chi connectivity index (χ3v) is 8.83. The number of nitrogens with one attached hydrogen (secondary N) is 2. The number of rotatable bonds is 13. The van der Waals surface area contributed by atoms with Crippen molar-refractivity contribution < 1.29 is 33.6 Å². The maximum atomic E-state index is 13.2. The molecule has 2 saturated heterocycles. The molecular formula is C36H45N3O7. The highest BCUT2D eigenvalue weighted by molar-refractivity contribution is 5.78. The Morgan fingerprint density at radius 1 is 0.957 bits per heavy atom. The van der Waals surface area contributed by atoms with Crippen molar-refractivity contribution in [2.75, 3.05) is 25.6 Å². The fourth-order valence-corrected chi connectivity index (χ4v) is 6.38. The Hall–Kier alpha value is -4.12. The molecule has 10 nitrogen and oxygen atoms in total. The molecule has 0 aromatic heterocycles. The molecule has 2 fully saturated rings. The van der Waals surface area contributed by atoms with Crippen molar-refractivity contribution in [2.24, 2.45) is 5.92 Å². The van der Waals surface area contributed by atoms with E-state index >= 15 is 0 Å². The molecule has 0 aliphatic carbocycles. The first kappa shape index (κ1) is 33.2. The third kappa shape index (κ3) is 8.57. The van der Waals surface area contributed by atoms with Gasteiger partial charge in [0.05, 0.1) is 31.3 Å². The number of fused-ring (bicyclic) bond motifs is 1. The van der Waals surface area contributed by atoms with Crippen LogP contribution >= 0.6 is 0 Å². The van der Waals surface area contributed by atoms with Crippen LogP contribution in [0.2, 0.25) is 0 Å². The van der Waals surface area contributed by atoms with Crippen LogP contribution < -0.4 is 21.1 Å². The van der Waals surface area contributed by atoms with Crippen LogP contribution in [0.25, 0.3) is 0 Å². The van der Waals surface area contributed by atoms with Gasteiger partial charge in [0.2, 0.25) is 0 Å². The van der Waals surface area contributed by atoms with E-state index in [0.717, 1.165) is 34.2 Å². The summed E-state index contributed by atoms with van der Waals surface area (Å²) in [6, 6.07) is 20.2. The average Bonchev–Trinajstić information content (AvgIpc) is 3.66. The summed E-state index contributed by atoms with van der Waals surface area (Å²) < 4.78 is 22.9. The Labute approximate surface area is 270 Å². The van der Waals surface area contributed by atoms with Gasteiger partial charge >= 0.3 is 6.09 Å². The number of aryl methyl sites for hydroxylation is 2. The van der Waals surface area contributed by atoms with Crippen LogP contribution in [0, 0.1) is 26.7 Å². The van der Waals surface area contributed by atoms with Crippen molar-refractivity contribution in [3.63, 3.8) is 0 Å². The molecule has 3 aromatic rings. The SMILES string of the molecule is Cc1cc(C)c(OCC(=O)N[C@@H](Cc2ccccc2)C[C@H](O)[C@H](Cc2ccccc2)NC(=O)O[C@H]2COC3OCCC32)c(C)c1N. The first-order chi connectivity index (χ1) is 22.2. The van der Waals surface area contributed by atoms with E-state index in [-0.39, 0.29) is 37.7 Å². The quantitative estimate of drug-likeness (QED) is 0.206. The van der Waals surface area contributed by atoms with Crippen molar-refractivity contribution in [3.05, 3.63) is 94.5 Å². The summed E-state index contributed by atoms with van der Waals surface area (Å²) in [5.41, 5.74) is 11.4. The van der Waals surface area contributed by atoms with Crippen LogP contribution in [0.3, 0.4) is 0 Å². The molecule has 2 aliphatic heterocycles. The molecule has 246 valence electrons. The van der Waals surface area contributed by atoms with Gasteiger partial charge in [-0.2, -0.15) is 0 Å². The molecule has 0 spiro atoms. The summed E-state index contributed by atoms with van der Waals surface area (Å²) in [6.07, 6.45) is -0.596. The number of nitrogens with two attached hydrogens (primary N) is 1. The van der Waals surface area contributed by atoms with Gasteiger partial charge in [-0.1, -0.05) is 66.7 Å². The van der Waals surface area contributed by atoms with Crippen LogP contribution in [0.5, 0.6) is 5.75 Å². The number of nitrogen functional groups attached to an aromatic ring is 1. The standard InChI is InChI=1S/C36H45N3O7/c1-22-16-23(2)34(24(3)33(22)37)44-21-32(41)38-27(17-25-10-6-4-7-11-25)19-30(40)29(18-26-12-8-5-9-13-26)39-36(42)46-31-20-45-35-28(31)14-15-43-35/h4-13,16,27-31,35,40H,14-15,17-21,37H2,1-3H3,(H,38,41)(H,39,42)/t27-,28?,29-,30-,31-,35?/m0/s1. The minimum Gasteiger partial charge on any atom is -0.483 e. The smallest absolute Gasteiger partial charge is 0.407 e. The van der Waals surface area contributed by atoms with E-state index in [0.29, 0.717) is 30.9 Å². The monoisotopic (exact) mass is 631 g/mol. The Bertz CT molecular complexity index is 1470. The van der Waals surface area contributed by atoms with Gasteiger partial charge in [0, 0.05) is 17.3 Å². The molecular weight excluding hydrogens is 586 g/mol. The largest absolute Gasteiger partial charge is 0.483 e. The topological polar surface area (TPSA) is 141 Å². The lowest BCUT2D eigenvalue weighted by atomic mass is 9.93. The maximum absolute atomic E-state index is 13.2. The lowest BCUT2D eigenvalue weighted by molar-refractivity contribution is -0.124. The highest BCUT2D eigenvalue weighted by Crippen LogP contribution is 2.33. The van der Waals surface area contributed by atoms with E-state index in [1.807, 2.05) is 87.5 Å². The third-order valence-electron chi connectivity index (χ3n) is 8.83. The van der Waals surface area contributed by atoms with E-state index in [2.05, 4.69) is 10.6 Å². The van der Waals surface area contributed by atoms with Crippen molar-refractivity contribution in [1.82, 2.24) is 10.6 Å². The Morgan fingerprint density at radius 3 is 2.33 bits per heavy atom. The number of aliphatic hydroxyl groups excluding tert-OH is 1. The molecule has 46 heavy (non-hydrogen) atoms. The molecule has 5 rings (SSSR count). The molecule has 2 heterocycles. The molecule has 0 saturated carbocycles. The van der Waals surface area contributed by atoms with Gasteiger partial charge in [-0.25, -0.2) is 4.79 Å². The van der Waals surface area contributed by atoms with Gasteiger partial charge in [-0.3, -0.25) is 4.79 Å². The van der Waals surface area contributed by atoms with Gasteiger partial charge in [0.1, 0.15) is 11.9 Å². The van der Waals surface area contributed by atoms with Crippen LogP contribution in [-0.2, 0) is 31.8 Å². The van der Waals surface area contributed by atoms with Gasteiger partial charge in [0.15, 0.2) is 12.9 Å². The highest BCUT2D eigenvalue weighted by Gasteiger charge is 2.44. The number of hydrogen-bond acceptors (Lipinski definition) is 8. The number of alkyl carbamates (subject to hydrolysis) is 1. The van der Waals surface area contributed by atoms with Crippen molar-refractivity contribution >= 4 is 17.7 Å². The second-order valence-corrected chi connectivity index (χ2v) is 12.3. The van der Waals surface area contributed by atoms with Crippen LogP contribution in [0.4, 0.5) is 10.5 Å². The number of benzene rings is 3. The van der Waals surface area contributed by atoms with Crippen LogP contribution in [0.15, 0.2) is 66.7 Å². The van der Waals surface area contributed by atoms with E-state index in [1.54, 1.807) is 0 Å². The van der Waals surface area contributed by atoms with Gasteiger partial charge in [-0.15, -0.1) is 0 Å². The summed E-state index contributed by atoms with van der Waals surface area (Å²) in [5.74, 6) is 0.263. The van der Waals surface area contributed by atoms with Crippen LogP contribution in [-0.4, -0.2) is 67.5 Å². The first-order valence-corrected chi connectivity index (χ1v) is 15.9. The molecule has 6 atom stereocenters. The highest BCUT2D eigenvalue weighted by atomic mass is 16.7. The lowest BCUT2D eigenvalue weighted by Crippen LogP contribution is -2.50. The summed E-state index contributed by atoms with van der Waals surface area (Å²) in [6.45, 7) is 6.38. The number of hydrogen-bond donors (Lipinski definition) is 4. The zero-order valence-corrected chi connectivity index (χ0v) is 26.7. The maximum Gasteiger partial charge on any atom is 0.407 e. The van der Waals surface area contributed by atoms with Crippen molar-refractivity contribution in [3.8, 4) is 5.75 Å². The van der Waals surface area contributed by atoms with Gasteiger partial charge in [-0.05, 0) is 68.7 Å². The molecule has 3 aromatic carbocycles. The summed E-state index contributed by atoms with van der Waals surface area (Å²) in [4.78, 5) is 26.4. The minimum atomic E-state index is -1.01. The van der Waals surface area contributed by atoms with E-state index in [1.165, 1.54) is 0 Å². The molecule has 10 heteroatoms. The van der Waals surface area contributed by atoms with E-state index in [9.17, 15) is 14.7 Å². The molecule has 2 amide bonds. The minimum absolute atomic E-state index is 0.000133. The molecule has 0 bridgehead atoms. The number of carbonyl (C=O) groups excluding carboxylic acids is 2. The number of amides is 2. The number of aliphatic hydroxyl groups is 1. The predicted molar refractivity (Wildman–Crippen MR) is 174 cm³/mol. The van der Waals surface area contributed by atoms with Gasteiger partial charge in [0.25, 0.3) is 5.91 Å². The zero-order valence-electron chi connectivity index (χ0n) is 26.7. The Morgan fingerprint density at radius 2 is 1.63 bits per heavy atom. The van der Waals surface area contributed by atoms with Crippen molar-refractivity contribution in [2.45, 2.75) is 77.0 Å². The fourth-order valence-electron chi connectivity index (χ4n) is 6.38. The Kier molecular flexibility index (Phi) is 11.2. The summed E-state index contributed by atoms with van der Waals surface area (Å²) >= 11 is 0. The van der Waals surface area contributed by atoms with Crippen molar-refractivity contribution in [1.29, 1.82) is 0 Å². The predicted octanol–water partition coefficient (Wildman–Crippen LogP) is 4.15. The van der Waals surface area contributed by atoms with E-state index in [4.69, 9.17) is 24.7 Å². The van der Waals surface area contributed by atoms with E-state index < -0.39 is 30.4 Å². The number of anilines is 1. The number of carbonyl (C=O) groups is 2. The second kappa shape index (κ2) is 15.4. The molecule has 0 radical (unpaired) electrons. The fraction of sp³-hybridized carbons (Fsp3) is 0.444. The van der Waals surface area contributed by atoms with Gasteiger partial charge < -0.3 is 40.4 Å². The summed E-state index contributed by atoms with van der Waals surface area (Å²) in [5, 5.41) is 17.6. The molecule has 5 N–H and O–H groups in total. The molecule has 2 unspecified atom stereocenters. The first-order valence-electron chi connectivity index (χ1n) is 15.9.